The van der Waals surface area contributed by atoms with Gasteiger partial charge in [-0.05, 0) is 11.6 Å². The van der Waals surface area contributed by atoms with Crippen LogP contribution in [0.5, 0.6) is 0 Å². The Kier molecular flexibility index (Phi) is 3.98. The Balaban J connectivity index is 2.82. The fraction of sp³-hybridized carbons (Fsp3) is 0.667. The van der Waals surface area contributed by atoms with Gasteiger partial charge in [-0.1, -0.05) is 0 Å². The first-order valence-corrected chi connectivity index (χ1v) is 2.10. The highest BCUT2D eigenvalue weighted by molar-refractivity contribution is 6.63. The van der Waals surface area contributed by atoms with E-state index in [-0.39, 0.29) is 13.0 Å². The van der Waals surface area contributed by atoms with Crippen molar-refractivity contribution in [2.75, 3.05) is 6.61 Å². The molecule has 0 heterocycles. The first-order valence-electron chi connectivity index (χ1n) is 1.72. The van der Waals surface area contributed by atoms with Gasteiger partial charge in [0.2, 0.25) is 5.24 Å². The molecule has 3 nitrogen and oxygen atoms in total. The van der Waals surface area contributed by atoms with E-state index in [4.69, 9.17) is 16.9 Å². The van der Waals surface area contributed by atoms with E-state index >= 15 is 0 Å². The molecule has 0 saturated heterocycles. The average molecular weight is 125 g/mol. The summed E-state index contributed by atoms with van der Waals surface area (Å²) in [7, 11) is 0. The van der Waals surface area contributed by atoms with Gasteiger partial charge < -0.3 is 0 Å². The highest BCUT2D eigenvalue weighted by atomic mass is 35.5. The van der Waals surface area contributed by atoms with Crippen molar-refractivity contribution in [3.8, 4) is 0 Å². The third-order valence-corrected chi connectivity index (χ3v) is 0.579. The lowest BCUT2D eigenvalue weighted by atomic mass is 10.5. The van der Waals surface area contributed by atoms with Crippen molar-refractivity contribution in [3.63, 3.8) is 0 Å². The van der Waals surface area contributed by atoms with Crippen molar-refractivity contribution in [3.05, 3.63) is 0 Å². The predicted octanol–water partition coefficient (Wildman–Crippen LogP) is 0.631. The summed E-state index contributed by atoms with van der Waals surface area (Å²) in [5.74, 6) is 0. The minimum atomic E-state index is -0.506. The Morgan fingerprint density at radius 1 is 1.86 bits per heavy atom. The zero-order valence-corrected chi connectivity index (χ0v) is 4.31. The van der Waals surface area contributed by atoms with Crippen LogP contribution in [0.1, 0.15) is 6.42 Å². The summed E-state index contributed by atoms with van der Waals surface area (Å²) in [4.78, 5) is 13.3. The van der Waals surface area contributed by atoms with Gasteiger partial charge in [0.25, 0.3) is 0 Å². The van der Waals surface area contributed by atoms with Gasteiger partial charge in [0, 0.05) is 6.42 Å². The van der Waals surface area contributed by atoms with E-state index in [0.717, 1.165) is 0 Å². The first kappa shape index (κ1) is 6.88. The van der Waals surface area contributed by atoms with E-state index in [1.807, 2.05) is 0 Å². The van der Waals surface area contributed by atoms with E-state index in [2.05, 4.69) is 4.89 Å². The van der Waals surface area contributed by atoms with Gasteiger partial charge >= 0.3 is 0 Å². The van der Waals surface area contributed by atoms with Gasteiger partial charge in [-0.3, -0.25) is 10.1 Å². The number of carbonyl (C=O) groups excluding carboxylic acids is 1. The maximum Gasteiger partial charge on any atom is 0.224 e. The van der Waals surface area contributed by atoms with E-state index in [1.165, 1.54) is 0 Å². The SMILES string of the molecule is O=C(Cl)CCOO. The molecule has 0 fully saturated rings. The van der Waals surface area contributed by atoms with Crippen LogP contribution in [0.15, 0.2) is 0 Å². The van der Waals surface area contributed by atoms with Crippen molar-refractivity contribution in [2.45, 2.75) is 6.42 Å². The van der Waals surface area contributed by atoms with Crippen molar-refractivity contribution in [2.24, 2.45) is 0 Å². The Labute approximate surface area is 45.8 Å². The molecule has 0 atom stereocenters. The van der Waals surface area contributed by atoms with E-state index in [0.29, 0.717) is 0 Å². The van der Waals surface area contributed by atoms with Crippen LogP contribution >= 0.6 is 11.6 Å². The molecule has 0 saturated carbocycles. The van der Waals surface area contributed by atoms with E-state index in [1.54, 1.807) is 0 Å². The second-order valence-corrected chi connectivity index (χ2v) is 1.36. The third-order valence-electron chi connectivity index (χ3n) is 0.390. The minimum absolute atomic E-state index is 0.0255. The Morgan fingerprint density at radius 3 is 2.57 bits per heavy atom. The summed E-state index contributed by atoms with van der Waals surface area (Å²) in [6.45, 7) is -0.0255. The second-order valence-electron chi connectivity index (χ2n) is 0.938. The van der Waals surface area contributed by atoms with Crippen molar-refractivity contribution < 1.29 is 14.9 Å². The maximum atomic E-state index is 9.78. The van der Waals surface area contributed by atoms with Crippen LogP contribution in [0.3, 0.4) is 0 Å². The fourth-order valence-corrected chi connectivity index (χ4v) is 0.203. The third kappa shape index (κ3) is 5.88. The van der Waals surface area contributed by atoms with Crippen LogP contribution in [0.25, 0.3) is 0 Å². The van der Waals surface area contributed by atoms with Gasteiger partial charge in [0.05, 0.1) is 6.61 Å². The molecule has 0 aliphatic heterocycles. The van der Waals surface area contributed by atoms with Crippen LogP contribution in [-0.2, 0) is 9.68 Å². The normalized spacial score (nSPS) is 8.86. The summed E-state index contributed by atoms with van der Waals surface area (Å²) < 4.78 is 0. The molecule has 0 aromatic carbocycles. The molecule has 0 unspecified atom stereocenters. The summed E-state index contributed by atoms with van der Waals surface area (Å²) in [5.41, 5.74) is 0. The molecule has 7 heavy (non-hydrogen) atoms. The van der Waals surface area contributed by atoms with Crippen LogP contribution in [0, 0.1) is 0 Å². The quantitative estimate of drug-likeness (QED) is 0.341. The molecule has 0 radical (unpaired) electrons. The molecule has 0 rings (SSSR count). The van der Waals surface area contributed by atoms with Gasteiger partial charge in [-0.25, -0.2) is 4.89 Å². The molecule has 0 bridgehead atoms. The first-order chi connectivity index (χ1) is 3.27. The van der Waals surface area contributed by atoms with Crippen molar-refractivity contribution in [1.82, 2.24) is 0 Å². The van der Waals surface area contributed by atoms with Gasteiger partial charge in [0.1, 0.15) is 0 Å². The lowest BCUT2D eigenvalue weighted by Crippen LogP contribution is -1.93. The molecular weight excluding hydrogens is 119 g/mol. The second kappa shape index (κ2) is 4.05. The maximum absolute atomic E-state index is 9.78. The predicted molar refractivity (Wildman–Crippen MR) is 24.1 cm³/mol. The highest BCUT2D eigenvalue weighted by Gasteiger charge is 1.92. The van der Waals surface area contributed by atoms with Gasteiger partial charge in [-0.15, -0.1) is 0 Å². The summed E-state index contributed by atoms with van der Waals surface area (Å²) in [6.07, 6.45) is 0.0536. The molecule has 0 aliphatic rings. The summed E-state index contributed by atoms with van der Waals surface area (Å²) >= 11 is 4.83. The molecule has 0 aliphatic carbocycles. The van der Waals surface area contributed by atoms with Crippen LogP contribution in [0.4, 0.5) is 0 Å². The molecule has 1 N–H and O–H groups in total. The zero-order valence-electron chi connectivity index (χ0n) is 3.56. The van der Waals surface area contributed by atoms with Crippen molar-refractivity contribution in [1.29, 1.82) is 0 Å². The summed E-state index contributed by atoms with van der Waals surface area (Å²) in [6, 6.07) is 0. The molecule has 0 spiro atoms. The fourth-order valence-electron chi connectivity index (χ4n) is 0.126. The zero-order chi connectivity index (χ0) is 5.70. The molecule has 0 aromatic heterocycles. The monoisotopic (exact) mass is 124 g/mol. The van der Waals surface area contributed by atoms with Gasteiger partial charge in [-0.2, -0.15) is 0 Å². The molecule has 42 valence electrons. The number of rotatable bonds is 3. The van der Waals surface area contributed by atoms with Crippen molar-refractivity contribution >= 4 is 16.8 Å². The number of halogens is 1. The topological polar surface area (TPSA) is 46.5 Å². The lowest BCUT2D eigenvalue weighted by Gasteiger charge is -1.85. The largest absolute Gasteiger partial charge is 0.281 e. The van der Waals surface area contributed by atoms with Gasteiger partial charge in [0.15, 0.2) is 0 Å². The van der Waals surface area contributed by atoms with Crippen LogP contribution in [-0.4, -0.2) is 17.1 Å². The molecular formula is C3H5ClO3. The van der Waals surface area contributed by atoms with E-state index < -0.39 is 5.24 Å². The number of carbonyl (C=O) groups is 1. The highest BCUT2D eigenvalue weighted by Crippen LogP contribution is 1.86. The molecule has 0 amide bonds. The Morgan fingerprint density at radius 2 is 2.43 bits per heavy atom. The standard InChI is InChI=1S/C3H5ClO3/c4-3(5)1-2-7-6/h6H,1-2H2. The number of hydrogen-bond acceptors (Lipinski definition) is 3. The van der Waals surface area contributed by atoms with Crippen LogP contribution in [0.2, 0.25) is 0 Å². The summed E-state index contributed by atoms with van der Waals surface area (Å²) in [5, 5.41) is 7.10. The van der Waals surface area contributed by atoms with Crippen LogP contribution < -0.4 is 0 Å². The molecule has 0 aromatic rings. The number of hydrogen-bond donors (Lipinski definition) is 1. The lowest BCUT2D eigenvalue weighted by molar-refractivity contribution is -0.241. The smallest absolute Gasteiger partial charge is 0.224 e. The Hall–Kier alpha value is -0.120. The molecule has 4 heteroatoms. The Bertz CT molecular complexity index is 63.2. The average Bonchev–Trinajstić information content (AvgIpc) is 1.61. The minimum Gasteiger partial charge on any atom is -0.281 e. The van der Waals surface area contributed by atoms with E-state index in [9.17, 15) is 4.79 Å².